The van der Waals surface area contributed by atoms with Crippen LogP contribution in [0.1, 0.15) is 30.9 Å². The fraction of sp³-hybridized carbons (Fsp3) is 0.310. The highest BCUT2D eigenvalue weighted by Crippen LogP contribution is 2.19. The van der Waals surface area contributed by atoms with Gasteiger partial charge in [0, 0.05) is 44.5 Å². The van der Waals surface area contributed by atoms with Crippen molar-refractivity contribution in [2.45, 2.75) is 25.8 Å². The number of likely N-dealkylation sites (N-methyl/N-ethyl adjacent to an activating group) is 2. The van der Waals surface area contributed by atoms with Crippen molar-refractivity contribution in [2.24, 2.45) is 10.7 Å². The lowest BCUT2D eigenvalue weighted by Gasteiger charge is -2.23. The number of nitrogens with zero attached hydrogens (tertiary/aromatic N) is 6. The van der Waals surface area contributed by atoms with Gasteiger partial charge in [0.15, 0.2) is 5.82 Å². The molecule has 4 N–H and O–H groups in total. The van der Waals surface area contributed by atoms with Crippen LogP contribution in [0.4, 0.5) is 17.5 Å². The van der Waals surface area contributed by atoms with Gasteiger partial charge in [-0.3, -0.25) is 9.59 Å². The highest BCUT2D eigenvalue weighted by atomic mass is 16.2. The number of nitrogens with two attached hydrogens (primary N) is 1. The van der Waals surface area contributed by atoms with Gasteiger partial charge in [0.05, 0.1) is 23.4 Å². The molecule has 0 bridgehead atoms. The fourth-order valence-corrected chi connectivity index (χ4v) is 3.08. The largest absolute Gasteiger partial charge is 0.405 e. The molecule has 2 amide bonds. The Hall–Kier alpha value is -5.00. The molecular weight excluding hydrogens is 506 g/mol. The summed E-state index contributed by atoms with van der Waals surface area (Å²) in [5.74, 6) is 6.34. The second kappa shape index (κ2) is 16.8. The van der Waals surface area contributed by atoms with E-state index >= 15 is 0 Å². The number of hydrogen-bond acceptors (Lipinski definition) is 9. The first-order valence-electron chi connectivity index (χ1n) is 12.6. The fourth-order valence-electron chi connectivity index (χ4n) is 3.08. The predicted molar refractivity (Wildman–Crippen MR) is 157 cm³/mol. The number of nitriles is 1. The van der Waals surface area contributed by atoms with Gasteiger partial charge in [-0.05, 0) is 64.0 Å². The average molecular weight is 542 g/mol. The number of unbranched alkanes of at least 4 members (excludes halogenated alkanes) is 1. The molecule has 1 unspecified atom stereocenters. The minimum atomic E-state index is -0.598. The molecule has 1 aromatic carbocycles. The van der Waals surface area contributed by atoms with Gasteiger partial charge in [0.1, 0.15) is 6.04 Å². The maximum absolute atomic E-state index is 12.4. The molecule has 1 aromatic heterocycles. The van der Waals surface area contributed by atoms with E-state index in [2.05, 4.69) is 43.5 Å². The van der Waals surface area contributed by atoms with Crippen LogP contribution in [0.25, 0.3) is 0 Å². The minimum Gasteiger partial charge on any atom is -0.405 e. The molecule has 0 aliphatic rings. The molecule has 11 nitrogen and oxygen atoms in total. The van der Waals surface area contributed by atoms with E-state index in [1.165, 1.54) is 23.4 Å². The molecule has 0 aliphatic carbocycles. The van der Waals surface area contributed by atoms with Crippen LogP contribution in [0, 0.1) is 23.2 Å². The van der Waals surface area contributed by atoms with E-state index in [9.17, 15) is 9.59 Å². The number of benzene rings is 1. The maximum atomic E-state index is 12.4. The first-order valence-corrected chi connectivity index (χ1v) is 12.6. The summed E-state index contributed by atoms with van der Waals surface area (Å²) in [7, 11) is 5.43. The summed E-state index contributed by atoms with van der Waals surface area (Å²) in [4.78, 5) is 41.1. The van der Waals surface area contributed by atoms with Gasteiger partial charge < -0.3 is 26.2 Å². The standard InChI is InChI=1S/C29H35N9O2/c1-22(38(4)26(39)11-8-19-37(2)3)28(40)33-17-7-5-6-10-24-21-34-29(36-27(24)32-18-9-16-30)35-25-14-12-23(20-31)13-15-25/h8-9,11-16,18,21-22H,5,7,17,19,30H2,1-4H3,(H,33,40)(H,34,35,36). The summed E-state index contributed by atoms with van der Waals surface area (Å²) in [6.45, 7) is 2.76. The van der Waals surface area contributed by atoms with Crippen LogP contribution >= 0.6 is 0 Å². The minimum absolute atomic E-state index is 0.226. The lowest BCUT2D eigenvalue weighted by molar-refractivity contribution is -0.135. The third-order valence-electron chi connectivity index (χ3n) is 5.47. The molecular formula is C29H35N9O2. The third-order valence-corrected chi connectivity index (χ3v) is 5.47. The predicted octanol–water partition coefficient (Wildman–Crippen LogP) is 2.48. The van der Waals surface area contributed by atoms with E-state index in [0.717, 1.165) is 5.69 Å². The van der Waals surface area contributed by atoms with Crippen molar-refractivity contribution in [3.8, 4) is 17.9 Å². The van der Waals surface area contributed by atoms with Crippen LogP contribution in [0.5, 0.6) is 0 Å². The molecule has 11 heteroatoms. The smallest absolute Gasteiger partial charge is 0.246 e. The Bertz CT molecular complexity index is 1330. The van der Waals surface area contributed by atoms with Crippen molar-refractivity contribution in [3.05, 3.63) is 66.0 Å². The number of aromatic nitrogens is 2. The number of nitrogens with one attached hydrogen (secondary N) is 2. The van der Waals surface area contributed by atoms with Crippen molar-refractivity contribution in [1.29, 1.82) is 5.26 Å². The third kappa shape index (κ3) is 10.8. The average Bonchev–Trinajstić information content (AvgIpc) is 2.95. The van der Waals surface area contributed by atoms with E-state index in [1.807, 2.05) is 19.0 Å². The van der Waals surface area contributed by atoms with E-state index in [0.29, 0.717) is 48.8 Å². The number of rotatable bonds is 12. The summed E-state index contributed by atoms with van der Waals surface area (Å²) in [5, 5.41) is 14.9. The zero-order chi connectivity index (χ0) is 29.3. The Balaban J connectivity index is 1.93. The van der Waals surface area contributed by atoms with E-state index in [-0.39, 0.29) is 11.8 Å². The Morgan fingerprint density at radius 1 is 1.23 bits per heavy atom. The molecule has 0 aliphatic heterocycles. The molecule has 2 rings (SSSR count). The van der Waals surface area contributed by atoms with Crippen molar-refractivity contribution in [1.82, 2.24) is 25.1 Å². The Morgan fingerprint density at radius 3 is 2.65 bits per heavy atom. The normalized spacial score (nSPS) is 11.8. The van der Waals surface area contributed by atoms with Crippen LogP contribution < -0.4 is 16.4 Å². The molecule has 1 atom stereocenters. The number of carbonyl (C=O) groups excluding carboxylic acids is 2. The van der Waals surface area contributed by atoms with Crippen LogP contribution in [0.15, 0.2) is 59.9 Å². The molecule has 0 saturated heterocycles. The highest BCUT2D eigenvalue weighted by Gasteiger charge is 2.20. The molecule has 0 spiro atoms. The van der Waals surface area contributed by atoms with Crippen molar-refractivity contribution < 1.29 is 9.59 Å². The van der Waals surface area contributed by atoms with Crippen LogP contribution in [-0.4, -0.2) is 78.1 Å². The second-order valence-electron chi connectivity index (χ2n) is 8.89. The lowest BCUT2D eigenvalue weighted by Crippen LogP contribution is -2.45. The maximum Gasteiger partial charge on any atom is 0.246 e. The van der Waals surface area contributed by atoms with Crippen molar-refractivity contribution in [3.63, 3.8) is 0 Å². The number of carbonyl (C=O) groups is 2. The summed E-state index contributed by atoms with van der Waals surface area (Å²) in [6, 6.07) is 8.38. The monoisotopic (exact) mass is 541 g/mol. The summed E-state index contributed by atoms with van der Waals surface area (Å²) in [6.07, 6.45) is 10.4. The van der Waals surface area contributed by atoms with Gasteiger partial charge in [0.25, 0.3) is 0 Å². The Morgan fingerprint density at radius 2 is 1.98 bits per heavy atom. The summed E-state index contributed by atoms with van der Waals surface area (Å²) >= 11 is 0. The number of anilines is 2. The molecule has 0 saturated carbocycles. The zero-order valence-electron chi connectivity index (χ0n) is 23.3. The Labute approximate surface area is 235 Å². The van der Waals surface area contributed by atoms with Gasteiger partial charge in [0.2, 0.25) is 17.8 Å². The van der Waals surface area contributed by atoms with Crippen molar-refractivity contribution >= 4 is 35.5 Å². The van der Waals surface area contributed by atoms with Crippen molar-refractivity contribution in [2.75, 3.05) is 39.5 Å². The van der Waals surface area contributed by atoms with E-state index < -0.39 is 6.04 Å². The Kier molecular flexibility index (Phi) is 13.1. The molecule has 2 aromatic rings. The van der Waals surface area contributed by atoms with Gasteiger partial charge in [-0.15, -0.1) is 0 Å². The summed E-state index contributed by atoms with van der Waals surface area (Å²) < 4.78 is 0. The number of allylic oxidation sites excluding steroid dienone is 1. The molecule has 0 fully saturated rings. The SMILES string of the molecule is CC(C(=O)NCCCC#Cc1cnc(Nc2ccc(C#N)cc2)nc1N=CC=CN)N(C)C(=O)C=CCN(C)C. The number of hydrogen-bond donors (Lipinski definition) is 3. The lowest BCUT2D eigenvalue weighted by atomic mass is 10.2. The number of amides is 2. The van der Waals surface area contributed by atoms with Crippen LogP contribution in [-0.2, 0) is 9.59 Å². The molecule has 208 valence electrons. The van der Waals surface area contributed by atoms with Gasteiger partial charge >= 0.3 is 0 Å². The molecule has 40 heavy (non-hydrogen) atoms. The van der Waals surface area contributed by atoms with Gasteiger partial charge in [-0.25, -0.2) is 9.98 Å². The van der Waals surface area contributed by atoms with Crippen LogP contribution in [0.2, 0.25) is 0 Å². The molecule has 1 heterocycles. The topological polar surface area (TPSA) is 153 Å². The van der Waals surface area contributed by atoms with Crippen LogP contribution in [0.3, 0.4) is 0 Å². The first kappa shape index (κ1) is 31.2. The number of aliphatic imine (C=N–C) groups is 1. The highest BCUT2D eigenvalue weighted by molar-refractivity contribution is 5.92. The second-order valence-corrected chi connectivity index (χ2v) is 8.89. The summed E-state index contributed by atoms with van der Waals surface area (Å²) in [5.41, 5.74) is 7.20. The van der Waals surface area contributed by atoms with Gasteiger partial charge in [-0.1, -0.05) is 17.9 Å². The quantitative estimate of drug-likeness (QED) is 0.160. The van der Waals surface area contributed by atoms with Gasteiger partial charge in [-0.2, -0.15) is 10.2 Å². The van der Waals surface area contributed by atoms with E-state index in [1.54, 1.807) is 56.6 Å². The van der Waals surface area contributed by atoms with E-state index in [4.69, 9.17) is 11.0 Å². The molecule has 0 radical (unpaired) electrons. The zero-order valence-corrected chi connectivity index (χ0v) is 23.3. The first-order chi connectivity index (χ1) is 19.2.